The van der Waals surface area contributed by atoms with E-state index in [1.54, 1.807) is 19.9 Å². The Morgan fingerprint density at radius 2 is 1.40 bits per heavy atom. The third kappa shape index (κ3) is 9.31. The van der Waals surface area contributed by atoms with Crippen molar-refractivity contribution in [3.05, 3.63) is 123 Å². The van der Waals surface area contributed by atoms with Crippen LogP contribution in [-0.4, -0.2) is 52.8 Å². The Morgan fingerprint density at radius 3 is 1.98 bits per heavy atom. The van der Waals surface area contributed by atoms with Crippen LogP contribution in [0, 0.1) is 17.0 Å². The average molecular weight is 705 g/mol. The number of Topliss-reactive ketones (excluding diaryl/α,β-unsaturated/α-hetero) is 1. The molecule has 1 aliphatic rings. The summed E-state index contributed by atoms with van der Waals surface area (Å²) < 4.78 is 5.25. The number of nitrogen functional groups attached to an aromatic ring is 1. The highest BCUT2D eigenvalue weighted by Gasteiger charge is 2.37. The van der Waals surface area contributed by atoms with Gasteiger partial charge >= 0.3 is 5.97 Å². The molecule has 2 heterocycles. The molecule has 0 amide bonds. The van der Waals surface area contributed by atoms with E-state index in [1.807, 2.05) is 0 Å². The molecule has 0 unspecified atom stereocenters. The predicted molar refractivity (Wildman–Crippen MR) is 207 cm³/mol. The number of piperidine rings is 1. The topological polar surface area (TPSA) is 129 Å². The van der Waals surface area contributed by atoms with E-state index in [1.165, 1.54) is 55.0 Å². The summed E-state index contributed by atoms with van der Waals surface area (Å²) in [5.74, 6) is -0.954. The number of aryl methyl sites for hydroxylation is 1. The molecule has 0 spiro atoms. The molecular weight excluding hydrogens is 652 g/mol. The van der Waals surface area contributed by atoms with E-state index in [0.717, 1.165) is 51.7 Å². The van der Waals surface area contributed by atoms with Gasteiger partial charge in [0.25, 0.3) is 5.69 Å². The van der Waals surface area contributed by atoms with Gasteiger partial charge in [0.2, 0.25) is 0 Å². The number of rotatable bonds is 18. The monoisotopic (exact) mass is 704 g/mol. The molecular formula is C43H52N4O5. The highest BCUT2D eigenvalue weighted by Crippen LogP contribution is 2.42. The average Bonchev–Trinajstić information content (AvgIpc) is 3.16. The van der Waals surface area contributed by atoms with Crippen LogP contribution in [0.15, 0.2) is 84.9 Å². The summed E-state index contributed by atoms with van der Waals surface area (Å²) in [5, 5.41) is 11.5. The maximum Gasteiger partial charge on any atom is 0.342 e. The number of nitrogens with zero attached hydrogens (tertiary/aromatic N) is 3. The number of likely N-dealkylation sites (tertiary alicyclic amines) is 1. The summed E-state index contributed by atoms with van der Waals surface area (Å²) in [4.78, 5) is 44.7. The lowest BCUT2D eigenvalue weighted by atomic mass is 9.68. The number of pyridine rings is 1. The fourth-order valence-electron chi connectivity index (χ4n) is 7.76. The van der Waals surface area contributed by atoms with Crippen LogP contribution in [0.3, 0.4) is 0 Å². The predicted octanol–water partition coefficient (Wildman–Crippen LogP) is 9.50. The third-order valence-electron chi connectivity index (χ3n) is 10.5. The molecule has 0 atom stereocenters. The first kappa shape index (κ1) is 38.3. The first-order valence-corrected chi connectivity index (χ1v) is 18.8. The Balaban J connectivity index is 1.06. The number of ketones is 1. The van der Waals surface area contributed by atoms with Crippen molar-refractivity contribution >= 4 is 23.3 Å². The summed E-state index contributed by atoms with van der Waals surface area (Å²) in [6, 6.07) is 27.9. The van der Waals surface area contributed by atoms with Crippen LogP contribution in [0.1, 0.15) is 115 Å². The first-order chi connectivity index (χ1) is 25.2. The molecule has 1 fully saturated rings. The highest BCUT2D eigenvalue weighted by molar-refractivity contribution is 6.11. The van der Waals surface area contributed by atoms with Gasteiger partial charge in [-0.25, -0.2) is 9.78 Å². The number of nitro benzene ring substituents is 1. The summed E-state index contributed by atoms with van der Waals surface area (Å²) in [6.45, 7) is 6.83. The molecule has 3 aromatic carbocycles. The molecule has 1 aromatic heterocycles. The zero-order valence-electron chi connectivity index (χ0n) is 30.6. The number of benzene rings is 3. The molecule has 0 bridgehead atoms. The van der Waals surface area contributed by atoms with Gasteiger partial charge in [-0.1, -0.05) is 111 Å². The number of non-ortho nitro benzene ring substituents is 1. The SMILES string of the molecule is CCOC(=O)c1c(N)nc(C)c(C(=O)CCCCCCCCCCN2CCC(c3ccccc3)(c3ccccc3)CC2)c1-c1cccc([N+](=O)[O-])c1. The third-order valence-corrected chi connectivity index (χ3v) is 10.5. The summed E-state index contributed by atoms with van der Waals surface area (Å²) in [7, 11) is 0. The lowest BCUT2D eigenvalue weighted by Gasteiger charge is -2.43. The van der Waals surface area contributed by atoms with Crippen LogP contribution in [0.2, 0.25) is 0 Å². The molecule has 4 aromatic rings. The van der Waals surface area contributed by atoms with Crippen molar-refractivity contribution in [3.8, 4) is 11.1 Å². The van der Waals surface area contributed by atoms with Crippen LogP contribution in [0.5, 0.6) is 0 Å². The standard InChI is InChI=1S/C43H52N4O5/c1-3-52-42(49)40-39(33-19-18-24-36(31-33)47(50)51)38(32(2)45-41(40)44)37(48)25-16-8-6-4-5-7-9-17-28-46-29-26-43(27-30-46,34-20-12-10-13-21-34)35-22-14-11-15-23-35/h10-15,18-24,31H,3-9,16-17,25-30H2,1-2H3,(H2,44,45). The Hall–Kier alpha value is -4.89. The number of aromatic nitrogens is 1. The number of carbonyl (C=O) groups excluding carboxylic acids is 2. The van der Waals surface area contributed by atoms with Gasteiger partial charge in [0.05, 0.1) is 17.2 Å². The van der Waals surface area contributed by atoms with E-state index >= 15 is 0 Å². The zero-order valence-corrected chi connectivity index (χ0v) is 30.6. The van der Waals surface area contributed by atoms with Gasteiger partial charge in [-0.05, 0) is 75.9 Å². The second-order valence-electron chi connectivity index (χ2n) is 13.9. The van der Waals surface area contributed by atoms with Gasteiger partial charge in [0.15, 0.2) is 5.78 Å². The number of nitro groups is 1. The van der Waals surface area contributed by atoms with Crippen molar-refractivity contribution < 1.29 is 19.2 Å². The van der Waals surface area contributed by atoms with E-state index < -0.39 is 10.9 Å². The number of hydrogen-bond donors (Lipinski definition) is 1. The number of unbranched alkanes of at least 4 members (excludes halogenated alkanes) is 7. The van der Waals surface area contributed by atoms with E-state index in [0.29, 0.717) is 17.7 Å². The Bertz CT molecular complexity index is 1760. The summed E-state index contributed by atoms with van der Waals surface area (Å²) >= 11 is 0. The number of nitrogens with two attached hydrogens (primary N) is 1. The Labute approximate surface area is 307 Å². The molecule has 0 saturated carbocycles. The number of carbonyl (C=O) groups is 2. The Morgan fingerprint density at radius 1 is 0.827 bits per heavy atom. The second kappa shape index (κ2) is 18.6. The summed E-state index contributed by atoms with van der Waals surface area (Å²) in [6.07, 6.45) is 11.2. The van der Waals surface area contributed by atoms with Crippen LogP contribution in [-0.2, 0) is 10.2 Å². The zero-order chi connectivity index (χ0) is 36.9. The molecule has 52 heavy (non-hydrogen) atoms. The lowest BCUT2D eigenvalue weighted by molar-refractivity contribution is -0.384. The van der Waals surface area contributed by atoms with E-state index in [-0.39, 0.29) is 52.4 Å². The molecule has 9 nitrogen and oxygen atoms in total. The van der Waals surface area contributed by atoms with Crippen molar-refractivity contribution in [2.75, 3.05) is 32.0 Å². The van der Waals surface area contributed by atoms with Crippen LogP contribution >= 0.6 is 0 Å². The van der Waals surface area contributed by atoms with Crippen molar-refractivity contribution in [2.24, 2.45) is 0 Å². The van der Waals surface area contributed by atoms with Crippen LogP contribution in [0.4, 0.5) is 11.5 Å². The highest BCUT2D eigenvalue weighted by atomic mass is 16.6. The van der Waals surface area contributed by atoms with Gasteiger partial charge in [0.1, 0.15) is 11.4 Å². The fraction of sp³-hybridized carbons (Fsp3) is 0.419. The number of esters is 1. The molecule has 9 heteroatoms. The minimum Gasteiger partial charge on any atom is -0.462 e. The van der Waals surface area contributed by atoms with Crippen molar-refractivity contribution in [3.63, 3.8) is 0 Å². The van der Waals surface area contributed by atoms with E-state index in [4.69, 9.17) is 10.5 Å². The molecule has 274 valence electrons. The first-order valence-electron chi connectivity index (χ1n) is 18.8. The second-order valence-corrected chi connectivity index (χ2v) is 13.9. The van der Waals surface area contributed by atoms with Gasteiger partial charge < -0.3 is 15.4 Å². The van der Waals surface area contributed by atoms with Gasteiger partial charge in [0, 0.05) is 35.1 Å². The normalized spacial score (nSPS) is 14.2. The molecule has 2 N–H and O–H groups in total. The fourth-order valence-corrected chi connectivity index (χ4v) is 7.76. The molecule has 0 radical (unpaired) electrons. The minimum absolute atomic E-state index is 0.0379. The Kier molecular flexibility index (Phi) is 13.7. The maximum atomic E-state index is 13.7. The van der Waals surface area contributed by atoms with Crippen LogP contribution < -0.4 is 5.73 Å². The number of ether oxygens (including phenoxy) is 1. The van der Waals surface area contributed by atoms with E-state index in [2.05, 4.69) is 70.5 Å². The molecule has 1 saturated heterocycles. The van der Waals surface area contributed by atoms with Crippen LogP contribution in [0.25, 0.3) is 11.1 Å². The number of hydrogen-bond acceptors (Lipinski definition) is 8. The maximum absolute atomic E-state index is 13.7. The number of anilines is 1. The van der Waals surface area contributed by atoms with E-state index in [9.17, 15) is 19.7 Å². The van der Waals surface area contributed by atoms with Crippen molar-refractivity contribution in [1.82, 2.24) is 9.88 Å². The van der Waals surface area contributed by atoms with Gasteiger partial charge in [-0.15, -0.1) is 0 Å². The quantitative estimate of drug-likeness (QED) is 0.0357. The lowest BCUT2D eigenvalue weighted by Crippen LogP contribution is -2.43. The smallest absolute Gasteiger partial charge is 0.342 e. The summed E-state index contributed by atoms with van der Waals surface area (Å²) in [5.41, 5.74) is 10.2. The molecule has 0 aliphatic carbocycles. The largest absolute Gasteiger partial charge is 0.462 e. The van der Waals surface area contributed by atoms with Crippen molar-refractivity contribution in [1.29, 1.82) is 0 Å². The minimum atomic E-state index is -0.716. The van der Waals surface area contributed by atoms with Crippen molar-refractivity contribution in [2.45, 2.75) is 89.9 Å². The van der Waals surface area contributed by atoms with Gasteiger partial charge in [-0.2, -0.15) is 0 Å². The molecule has 5 rings (SSSR count). The molecule has 1 aliphatic heterocycles. The van der Waals surface area contributed by atoms with Gasteiger partial charge in [-0.3, -0.25) is 14.9 Å².